The highest BCUT2D eigenvalue weighted by Gasteiger charge is 2.13. The largest absolute Gasteiger partial charge is 0.354 e. The topological polar surface area (TPSA) is 87.8 Å². The van der Waals surface area contributed by atoms with Crippen molar-refractivity contribution in [2.45, 2.75) is 23.7 Å². The van der Waals surface area contributed by atoms with Gasteiger partial charge in [0.15, 0.2) is 6.29 Å². The van der Waals surface area contributed by atoms with Crippen LogP contribution in [0.15, 0.2) is 23.6 Å². The van der Waals surface area contributed by atoms with Crippen molar-refractivity contribution in [1.82, 2.24) is 30.2 Å². The molecular weight excluding hydrogens is 268 g/mol. The Labute approximate surface area is 114 Å². The molecular formula is C10H14N6O2S. The maximum absolute atomic E-state index is 5.12. The lowest BCUT2D eigenvalue weighted by atomic mass is 10.6. The van der Waals surface area contributed by atoms with Crippen LogP contribution in [0.3, 0.4) is 0 Å². The summed E-state index contributed by atoms with van der Waals surface area (Å²) >= 11 is 1.46. The number of rotatable bonds is 7. The van der Waals surface area contributed by atoms with E-state index in [0.29, 0.717) is 17.5 Å². The molecule has 0 N–H and O–H groups in total. The standard InChI is InChI=1S/C10H14N6O2S/c1-17-9(18-2)6-16-10(13-14-15-16)19-7-8-11-4-3-5-12-8/h3-5,9H,6-7H2,1-2H3. The number of hydrogen-bond donors (Lipinski definition) is 0. The maximum Gasteiger partial charge on any atom is 0.209 e. The lowest BCUT2D eigenvalue weighted by molar-refractivity contribution is -0.113. The molecule has 0 saturated carbocycles. The summed E-state index contributed by atoms with van der Waals surface area (Å²) in [5, 5.41) is 12.2. The van der Waals surface area contributed by atoms with E-state index in [0.717, 1.165) is 5.82 Å². The zero-order valence-corrected chi connectivity index (χ0v) is 11.4. The Balaban J connectivity index is 1.96. The summed E-state index contributed by atoms with van der Waals surface area (Å²) in [5.74, 6) is 1.34. The van der Waals surface area contributed by atoms with E-state index < -0.39 is 0 Å². The van der Waals surface area contributed by atoms with Crippen LogP contribution in [0, 0.1) is 0 Å². The highest BCUT2D eigenvalue weighted by atomic mass is 32.2. The molecule has 9 heteroatoms. The van der Waals surface area contributed by atoms with E-state index in [4.69, 9.17) is 9.47 Å². The number of tetrazole rings is 1. The Kier molecular flexibility index (Phi) is 5.19. The number of ether oxygens (including phenoxy) is 2. The molecule has 0 bridgehead atoms. The van der Waals surface area contributed by atoms with E-state index >= 15 is 0 Å². The molecule has 2 aromatic rings. The number of aromatic nitrogens is 6. The van der Waals surface area contributed by atoms with Crippen LogP contribution in [0.2, 0.25) is 0 Å². The zero-order chi connectivity index (χ0) is 13.5. The van der Waals surface area contributed by atoms with E-state index in [9.17, 15) is 0 Å². The van der Waals surface area contributed by atoms with Gasteiger partial charge in [0.1, 0.15) is 5.82 Å². The minimum absolute atomic E-state index is 0.379. The first kappa shape index (κ1) is 13.8. The lowest BCUT2D eigenvalue weighted by Gasteiger charge is -2.13. The summed E-state index contributed by atoms with van der Waals surface area (Å²) in [4.78, 5) is 8.28. The van der Waals surface area contributed by atoms with Crippen molar-refractivity contribution in [3.63, 3.8) is 0 Å². The van der Waals surface area contributed by atoms with Crippen molar-refractivity contribution < 1.29 is 9.47 Å². The van der Waals surface area contributed by atoms with E-state index in [1.165, 1.54) is 11.8 Å². The first-order valence-corrected chi connectivity index (χ1v) is 6.52. The Morgan fingerprint density at radius 3 is 2.68 bits per heavy atom. The summed E-state index contributed by atoms with van der Waals surface area (Å²) in [6.07, 6.45) is 3.03. The Morgan fingerprint density at radius 2 is 2.00 bits per heavy atom. The predicted octanol–water partition coefficient (Wildman–Crippen LogP) is 0.374. The Morgan fingerprint density at radius 1 is 1.26 bits per heavy atom. The summed E-state index contributed by atoms with van der Waals surface area (Å²) in [6.45, 7) is 0.429. The van der Waals surface area contributed by atoms with E-state index in [1.807, 2.05) is 0 Å². The first-order valence-electron chi connectivity index (χ1n) is 5.54. The molecule has 0 radical (unpaired) electrons. The molecule has 0 aliphatic rings. The second-order valence-electron chi connectivity index (χ2n) is 3.50. The summed E-state index contributed by atoms with van der Waals surface area (Å²) in [5.41, 5.74) is 0. The van der Waals surface area contributed by atoms with Crippen LogP contribution in [0.1, 0.15) is 5.82 Å². The fourth-order valence-corrected chi connectivity index (χ4v) is 2.10. The molecule has 0 aromatic carbocycles. The highest BCUT2D eigenvalue weighted by Crippen LogP contribution is 2.18. The molecule has 0 unspecified atom stereocenters. The van der Waals surface area contributed by atoms with Crippen molar-refractivity contribution in [3.05, 3.63) is 24.3 Å². The molecule has 0 aliphatic carbocycles. The third-order valence-electron chi connectivity index (χ3n) is 2.30. The van der Waals surface area contributed by atoms with Crippen LogP contribution < -0.4 is 0 Å². The average Bonchev–Trinajstić information content (AvgIpc) is 2.91. The van der Waals surface area contributed by atoms with Crippen molar-refractivity contribution in [2.24, 2.45) is 0 Å². The van der Waals surface area contributed by atoms with Crippen LogP contribution in [-0.4, -0.2) is 50.7 Å². The normalized spacial score (nSPS) is 11.1. The number of methoxy groups -OCH3 is 2. The van der Waals surface area contributed by atoms with Crippen molar-refractivity contribution in [2.75, 3.05) is 14.2 Å². The fourth-order valence-electron chi connectivity index (χ4n) is 1.33. The molecule has 0 saturated heterocycles. The predicted molar refractivity (Wildman–Crippen MR) is 67.2 cm³/mol. The second-order valence-corrected chi connectivity index (χ2v) is 4.44. The monoisotopic (exact) mass is 282 g/mol. The molecule has 0 aliphatic heterocycles. The van der Waals surface area contributed by atoms with Gasteiger partial charge in [0.2, 0.25) is 5.16 Å². The molecule has 2 rings (SSSR count). The van der Waals surface area contributed by atoms with E-state index in [-0.39, 0.29) is 6.29 Å². The van der Waals surface area contributed by atoms with Gasteiger partial charge < -0.3 is 9.47 Å². The van der Waals surface area contributed by atoms with Crippen LogP contribution in [0.25, 0.3) is 0 Å². The molecule has 8 nitrogen and oxygen atoms in total. The lowest BCUT2D eigenvalue weighted by Crippen LogP contribution is -2.21. The van der Waals surface area contributed by atoms with Gasteiger partial charge in [-0.25, -0.2) is 14.6 Å². The summed E-state index contributed by atoms with van der Waals surface area (Å²) in [6, 6.07) is 1.78. The summed E-state index contributed by atoms with van der Waals surface area (Å²) in [7, 11) is 3.15. The van der Waals surface area contributed by atoms with Crippen molar-refractivity contribution in [3.8, 4) is 0 Å². The SMILES string of the molecule is COC(Cn1nnnc1SCc1ncccn1)OC. The van der Waals surface area contributed by atoms with Gasteiger partial charge in [0, 0.05) is 26.6 Å². The van der Waals surface area contributed by atoms with Crippen molar-refractivity contribution in [1.29, 1.82) is 0 Å². The van der Waals surface area contributed by atoms with Crippen LogP contribution >= 0.6 is 11.8 Å². The third-order valence-corrected chi connectivity index (χ3v) is 3.25. The van der Waals surface area contributed by atoms with Crippen molar-refractivity contribution >= 4 is 11.8 Å². The fraction of sp³-hybridized carbons (Fsp3) is 0.500. The van der Waals surface area contributed by atoms with Gasteiger partial charge in [-0.15, -0.1) is 5.10 Å². The average molecular weight is 282 g/mol. The van der Waals surface area contributed by atoms with E-state index in [1.54, 1.807) is 37.4 Å². The molecule has 0 amide bonds. The number of nitrogens with zero attached hydrogens (tertiary/aromatic N) is 6. The molecule has 2 aromatic heterocycles. The smallest absolute Gasteiger partial charge is 0.209 e. The quantitative estimate of drug-likeness (QED) is 0.532. The molecule has 2 heterocycles. The molecule has 19 heavy (non-hydrogen) atoms. The second kappa shape index (κ2) is 7.12. The third kappa shape index (κ3) is 3.94. The number of thioether (sulfide) groups is 1. The molecule has 0 fully saturated rings. The van der Waals surface area contributed by atoms with Gasteiger partial charge in [0.25, 0.3) is 0 Å². The Bertz CT molecular complexity index is 490. The van der Waals surface area contributed by atoms with Gasteiger partial charge in [-0.05, 0) is 16.5 Å². The van der Waals surface area contributed by atoms with Gasteiger partial charge in [0.05, 0.1) is 12.3 Å². The molecule has 0 atom stereocenters. The van der Waals surface area contributed by atoms with Gasteiger partial charge in [-0.2, -0.15) is 0 Å². The first-order chi connectivity index (χ1) is 9.33. The maximum atomic E-state index is 5.12. The minimum Gasteiger partial charge on any atom is -0.354 e. The van der Waals surface area contributed by atoms with E-state index in [2.05, 4.69) is 25.5 Å². The Hall–Kier alpha value is -1.58. The van der Waals surface area contributed by atoms with Gasteiger partial charge >= 0.3 is 0 Å². The molecule has 0 spiro atoms. The summed E-state index contributed by atoms with van der Waals surface area (Å²) < 4.78 is 11.9. The van der Waals surface area contributed by atoms with Gasteiger partial charge in [-0.1, -0.05) is 11.8 Å². The molecule has 102 valence electrons. The van der Waals surface area contributed by atoms with Crippen LogP contribution in [0.4, 0.5) is 0 Å². The van der Waals surface area contributed by atoms with Gasteiger partial charge in [-0.3, -0.25) is 0 Å². The minimum atomic E-state index is -0.379. The van der Waals surface area contributed by atoms with Crippen LogP contribution in [-0.2, 0) is 21.8 Å². The highest BCUT2D eigenvalue weighted by molar-refractivity contribution is 7.98. The zero-order valence-electron chi connectivity index (χ0n) is 10.6. The number of hydrogen-bond acceptors (Lipinski definition) is 8. The van der Waals surface area contributed by atoms with Crippen LogP contribution in [0.5, 0.6) is 0 Å².